The van der Waals surface area contributed by atoms with Crippen molar-refractivity contribution in [2.24, 2.45) is 0 Å². The van der Waals surface area contributed by atoms with E-state index in [9.17, 15) is 4.39 Å². The summed E-state index contributed by atoms with van der Waals surface area (Å²) in [4.78, 5) is 4.17. The summed E-state index contributed by atoms with van der Waals surface area (Å²) in [5, 5.41) is 3.39. The van der Waals surface area contributed by atoms with Crippen LogP contribution in [0.25, 0.3) is 0 Å². The number of benzene rings is 1. The lowest BCUT2D eigenvalue weighted by Gasteiger charge is -2.10. The maximum absolute atomic E-state index is 13.0. The van der Waals surface area contributed by atoms with Crippen molar-refractivity contribution in [3.63, 3.8) is 0 Å². The molecule has 1 aromatic carbocycles. The molecule has 0 unspecified atom stereocenters. The Morgan fingerprint density at radius 3 is 2.39 bits per heavy atom. The molecule has 0 aliphatic heterocycles. The van der Waals surface area contributed by atoms with Crippen LogP contribution in [0.2, 0.25) is 10.0 Å². The first-order chi connectivity index (χ1) is 8.47. The third-order valence-electron chi connectivity index (χ3n) is 2.31. The normalized spacial score (nSPS) is 10.5. The Kier molecular flexibility index (Phi) is 4.10. The van der Waals surface area contributed by atoms with Crippen LogP contribution in [-0.4, -0.2) is 4.98 Å². The fourth-order valence-electron chi connectivity index (χ4n) is 1.40. The van der Waals surface area contributed by atoms with Crippen molar-refractivity contribution >= 4 is 50.6 Å². The van der Waals surface area contributed by atoms with Crippen molar-refractivity contribution in [3.05, 3.63) is 50.3 Å². The van der Waals surface area contributed by atoms with Gasteiger partial charge in [-0.15, -0.1) is 0 Å². The summed E-state index contributed by atoms with van der Waals surface area (Å²) in [5.74, 6) is 0.113. The Morgan fingerprint density at radius 1 is 1.22 bits per heavy atom. The number of aryl methyl sites for hydroxylation is 1. The van der Waals surface area contributed by atoms with Crippen molar-refractivity contribution in [2.75, 3.05) is 5.32 Å². The van der Waals surface area contributed by atoms with E-state index in [4.69, 9.17) is 23.2 Å². The standard InChI is InChI=1S/C12H8BrCl2FN2/c1-6-2-11(17-5-8(6)13)18-12-9(14)3-7(16)4-10(12)15/h2-5H,1H3,(H,17,18). The van der Waals surface area contributed by atoms with E-state index in [1.54, 1.807) is 6.20 Å². The van der Waals surface area contributed by atoms with Gasteiger partial charge in [-0.05, 0) is 46.6 Å². The summed E-state index contributed by atoms with van der Waals surface area (Å²) in [6, 6.07) is 4.23. The van der Waals surface area contributed by atoms with E-state index in [1.807, 2.05) is 13.0 Å². The highest BCUT2D eigenvalue weighted by Crippen LogP contribution is 2.33. The molecule has 18 heavy (non-hydrogen) atoms. The van der Waals surface area contributed by atoms with Crippen molar-refractivity contribution in [3.8, 4) is 0 Å². The van der Waals surface area contributed by atoms with Crippen molar-refractivity contribution in [1.29, 1.82) is 0 Å². The Labute approximate surface area is 122 Å². The predicted octanol–water partition coefficient (Wildman–Crippen LogP) is 5.34. The third kappa shape index (κ3) is 2.94. The van der Waals surface area contributed by atoms with Crippen LogP contribution >= 0.6 is 39.1 Å². The average molecular weight is 350 g/mol. The number of anilines is 2. The number of hydrogen-bond donors (Lipinski definition) is 1. The Morgan fingerprint density at radius 2 is 1.83 bits per heavy atom. The van der Waals surface area contributed by atoms with Crippen LogP contribution in [0.4, 0.5) is 15.9 Å². The lowest BCUT2D eigenvalue weighted by molar-refractivity contribution is 0.628. The molecule has 0 atom stereocenters. The number of hydrogen-bond acceptors (Lipinski definition) is 2. The second-order valence-electron chi connectivity index (χ2n) is 3.69. The molecule has 0 saturated heterocycles. The first kappa shape index (κ1) is 13.6. The highest BCUT2D eigenvalue weighted by atomic mass is 79.9. The molecule has 1 N–H and O–H groups in total. The van der Waals surface area contributed by atoms with Crippen molar-refractivity contribution in [1.82, 2.24) is 4.98 Å². The molecule has 1 heterocycles. The van der Waals surface area contributed by atoms with Gasteiger partial charge in [0.15, 0.2) is 0 Å². The predicted molar refractivity (Wildman–Crippen MR) is 76.4 cm³/mol. The highest BCUT2D eigenvalue weighted by Gasteiger charge is 2.09. The second-order valence-corrected chi connectivity index (χ2v) is 5.36. The average Bonchev–Trinajstić information content (AvgIpc) is 2.28. The quantitative estimate of drug-likeness (QED) is 0.791. The summed E-state index contributed by atoms with van der Waals surface area (Å²) in [5.41, 5.74) is 1.45. The maximum Gasteiger partial charge on any atom is 0.130 e. The van der Waals surface area contributed by atoms with Crippen LogP contribution in [0.3, 0.4) is 0 Å². The molecule has 0 bridgehead atoms. The zero-order valence-corrected chi connectivity index (χ0v) is 12.4. The van der Waals surface area contributed by atoms with Crippen LogP contribution in [0, 0.1) is 12.7 Å². The third-order valence-corrected chi connectivity index (χ3v) is 3.73. The van der Waals surface area contributed by atoms with Crippen LogP contribution < -0.4 is 5.32 Å². The molecule has 6 heteroatoms. The Balaban J connectivity index is 2.37. The molecule has 0 radical (unpaired) electrons. The number of pyridine rings is 1. The summed E-state index contributed by atoms with van der Waals surface area (Å²) < 4.78 is 14.0. The number of aromatic nitrogens is 1. The molecular weight excluding hydrogens is 342 g/mol. The van der Waals surface area contributed by atoms with E-state index in [-0.39, 0.29) is 10.0 Å². The summed E-state index contributed by atoms with van der Waals surface area (Å²) >= 11 is 15.2. The fourth-order valence-corrected chi connectivity index (χ4v) is 2.17. The lowest BCUT2D eigenvalue weighted by Crippen LogP contribution is -1.96. The second kappa shape index (κ2) is 5.43. The molecule has 0 aliphatic carbocycles. The van der Waals surface area contributed by atoms with Crippen LogP contribution in [-0.2, 0) is 0 Å². The minimum atomic E-state index is -0.476. The number of nitrogens with zero attached hydrogens (tertiary/aromatic N) is 1. The molecule has 0 spiro atoms. The van der Waals surface area contributed by atoms with E-state index >= 15 is 0 Å². The number of rotatable bonds is 2. The first-order valence-electron chi connectivity index (χ1n) is 5.01. The molecule has 94 valence electrons. The van der Waals surface area contributed by atoms with Crippen molar-refractivity contribution < 1.29 is 4.39 Å². The zero-order chi connectivity index (χ0) is 13.3. The molecule has 1 aromatic heterocycles. The molecule has 2 aromatic rings. The molecule has 2 nitrogen and oxygen atoms in total. The topological polar surface area (TPSA) is 24.9 Å². The van der Waals surface area contributed by atoms with Gasteiger partial charge in [0.05, 0.1) is 15.7 Å². The molecule has 0 saturated carbocycles. The van der Waals surface area contributed by atoms with Gasteiger partial charge in [-0.3, -0.25) is 0 Å². The molecule has 0 aliphatic rings. The summed E-state index contributed by atoms with van der Waals surface area (Å²) in [6.07, 6.45) is 1.67. The van der Waals surface area contributed by atoms with Gasteiger partial charge < -0.3 is 5.32 Å². The minimum Gasteiger partial charge on any atom is -0.338 e. The van der Waals surface area contributed by atoms with Crippen LogP contribution in [0.5, 0.6) is 0 Å². The smallest absolute Gasteiger partial charge is 0.130 e. The van der Waals surface area contributed by atoms with E-state index in [1.165, 1.54) is 12.1 Å². The Bertz CT molecular complexity index is 582. The van der Waals surface area contributed by atoms with E-state index < -0.39 is 5.82 Å². The van der Waals surface area contributed by atoms with Crippen LogP contribution in [0.15, 0.2) is 28.9 Å². The Hall–Kier alpha value is -0.840. The van der Waals surface area contributed by atoms with Gasteiger partial charge in [0.25, 0.3) is 0 Å². The maximum atomic E-state index is 13.0. The zero-order valence-electron chi connectivity index (χ0n) is 9.27. The van der Waals surface area contributed by atoms with Crippen molar-refractivity contribution in [2.45, 2.75) is 6.92 Å². The first-order valence-corrected chi connectivity index (χ1v) is 6.56. The molecule has 2 rings (SSSR count). The SMILES string of the molecule is Cc1cc(Nc2c(Cl)cc(F)cc2Cl)ncc1Br. The van der Waals surface area contributed by atoms with Gasteiger partial charge in [0, 0.05) is 10.7 Å². The molecule has 0 fully saturated rings. The van der Waals surface area contributed by atoms with Gasteiger partial charge in [0.1, 0.15) is 11.6 Å². The van der Waals surface area contributed by atoms with Gasteiger partial charge >= 0.3 is 0 Å². The highest BCUT2D eigenvalue weighted by molar-refractivity contribution is 9.10. The van der Waals surface area contributed by atoms with E-state index in [2.05, 4.69) is 26.2 Å². The molecular formula is C12H8BrCl2FN2. The van der Waals surface area contributed by atoms with E-state index in [0.717, 1.165) is 10.0 Å². The fraction of sp³-hybridized carbons (Fsp3) is 0.0833. The largest absolute Gasteiger partial charge is 0.338 e. The summed E-state index contributed by atoms with van der Waals surface area (Å²) in [7, 11) is 0. The van der Waals surface area contributed by atoms with Crippen LogP contribution in [0.1, 0.15) is 5.56 Å². The number of nitrogens with one attached hydrogen (secondary N) is 1. The monoisotopic (exact) mass is 348 g/mol. The molecule has 0 amide bonds. The number of halogens is 4. The van der Waals surface area contributed by atoms with Gasteiger partial charge in [-0.1, -0.05) is 23.2 Å². The van der Waals surface area contributed by atoms with Gasteiger partial charge in [-0.25, -0.2) is 9.37 Å². The van der Waals surface area contributed by atoms with Gasteiger partial charge in [0.2, 0.25) is 0 Å². The minimum absolute atomic E-state index is 0.211. The lowest BCUT2D eigenvalue weighted by atomic mass is 10.2. The van der Waals surface area contributed by atoms with E-state index in [0.29, 0.717) is 11.5 Å². The summed E-state index contributed by atoms with van der Waals surface area (Å²) in [6.45, 7) is 1.94. The van der Waals surface area contributed by atoms with Gasteiger partial charge in [-0.2, -0.15) is 0 Å².